The van der Waals surface area contributed by atoms with E-state index in [2.05, 4.69) is 17.2 Å². The number of hydrogen-bond acceptors (Lipinski definition) is 2. The van der Waals surface area contributed by atoms with Crippen molar-refractivity contribution in [2.24, 2.45) is 0 Å². The zero-order valence-electron chi connectivity index (χ0n) is 11.1. The van der Waals surface area contributed by atoms with Crippen LogP contribution in [-0.2, 0) is 13.0 Å². The SMILES string of the molecule is CCC(Cc1cn(CC)nn1)c1c(Cl)cccc1Cl. The minimum absolute atomic E-state index is 0.267. The third-order valence-corrected chi connectivity index (χ3v) is 3.93. The molecule has 2 aromatic rings. The third-order valence-electron chi connectivity index (χ3n) is 3.27. The largest absolute Gasteiger partial charge is 0.253 e. The van der Waals surface area contributed by atoms with Gasteiger partial charge in [0.05, 0.1) is 5.69 Å². The van der Waals surface area contributed by atoms with Gasteiger partial charge in [0.15, 0.2) is 0 Å². The van der Waals surface area contributed by atoms with Gasteiger partial charge in [0.25, 0.3) is 0 Å². The van der Waals surface area contributed by atoms with E-state index in [0.29, 0.717) is 0 Å². The summed E-state index contributed by atoms with van der Waals surface area (Å²) >= 11 is 12.6. The summed E-state index contributed by atoms with van der Waals surface area (Å²) in [5.74, 6) is 0.267. The summed E-state index contributed by atoms with van der Waals surface area (Å²) in [4.78, 5) is 0. The Balaban J connectivity index is 2.25. The zero-order chi connectivity index (χ0) is 13.8. The van der Waals surface area contributed by atoms with Crippen LogP contribution in [0.1, 0.15) is 37.4 Å². The standard InChI is InChI=1S/C14H17Cl2N3/c1-3-10(8-11-9-19(4-2)18-17-11)14-12(15)6-5-7-13(14)16/h5-7,9-10H,3-4,8H2,1-2H3. The van der Waals surface area contributed by atoms with Gasteiger partial charge in [-0.25, -0.2) is 0 Å². The quantitative estimate of drug-likeness (QED) is 0.822. The summed E-state index contributed by atoms with van der Waals surface area (Å²) in [6.45, 7) is 5.01. The van der Waals surface area contributed by atoms with Crippen LogP contribution >= 0.6 is 23.2 Å². The average molecular weight is 298 g/mol. The molecule has 0 radical (unpaired) electrons. The maximum atomic E-state index is 6.28. The summed E-state index contributed by atoms with van der Waals surface area (Å²) in [5.41, 5.74) is 1.99. The highest BCUT2D eigenvalue weighted by Gasteiger charge is 2.18. The van der Waals surface area contributed by atoms with Gasteiger partial charge in [0.2, 0.25) is 0 Å². The molecule has 0 amide bonds. The van der Waals surface area contributed by atoms with Crippen molar-refractivity contribution in [3.8, 4) is 0 Å². The number of benzene rings is 1. The Morgan fingerprint density at radius 2 is 1.89 bits per heavy atom. The van der Waals surface area contributed by atoms with Gasteiger partial charge >= 0.3 is 0 Å². The Morgan fingerprint density at radius 3 is 2.42 bits per heavy atom. The summed E-state index contributed by atoms with van der Waals surface area (Å²) in [7, 11) is 0. The summed E-state index contributed by atoms with van der Waals surface area (Å²) in [6, 6.07) is 5.64. The molecule has 0 bridgehead atoms. The highest BCUT2D eigenvalue weighted by molar-refractivity contribution is 6.36. The lowest BCUT2D eigenvalue weighted by Crippen LogP contribution is -2.04. The topological polar surface area (TPSA) is 30.7 Å². The summed E-state index contributed by atoms with van der Waals surface area (Å²) in [5, 5.41) is 9.70. The first kappa shape index (κ1) is 14.4. The molecule has 5 heteroatoms. The summed E-state index contributed by atoms with van der Waals surface area (Å²) < 4.78 is 1.83. The van der Waals surface area contributed by atoms with E-state index in [-0.39, 0.29) is 5.92 Å². The van der Waals surface area contributed by atoms with E-state index in [0.717, 1.165) is 40.7 Å². The van der Waals surface area contributed by atoms with Gasteiger partial charge in [0.1, 0.15) is 0 Å². The molecule has 0 aliphatic rings. The van der Waals surface area contributed by atoms with Gasteiger partial charge in [-0.1, -0.05) is 41.4 Å². The molecule has 102 valence electrons. The molecule has 0 aliphatic carbocycles. The molecule has 3 nitrogen and oxygen atoms in total. The summed E-state index contributed by atoms with van der Waals surface area (Å²) in [6.07, 6.45) is 3.75. The number of hydrogen-bond donors (Lipinski definition) is 0. The number of nitrogens with zero attached hydrogens (tertiary/aromatic N) is 3. The number of aryl methyl sites for hydroxylation is 1. The molecule has 0 fully saturated rings. The van der Waals surface area contributed by atoms with Gasteiger partial charge in [-0.15, -0.1) is 5.10 Å². The van der Waals surface area contributed by atoms with Crippen molar-refractivity contribution in [2.45, 2.75) is 39.2 Å². The van der Waals surface area contributed by atoms with Crippen LogP contribution < -0.4 is 0 Å². The van der Waals surface area contributed by atoms with Crippen LogP contribution in [0.25, 0.3) is 0 Å². The molecule has 1 aromatic heterocycles. The van der Waals surface area contributed by atoms with Gasteiger partial charge in [-0.3, -0.25) is 4.68 Å². The molecule has 1 heterocycles. The van der Waals surface area contributed by atoms with Crippen LogP contribution in [0.5, 0.6) is 0 Å². The Bertz CT molecular complexity index is 531. The maximum Gasteiger partial charge on any atom is 0.0833 e. The van der Waals surface area contributed by atoms with Crippen molar-refractivity contribution in [3.05, 3.63) is 45.7 Å². The minimum Gasteiger partial charge on any atom is -0.253 e. The van der Waals surface area contributed by atoms with E-state index in [1.54, 1.807) is 0 Å². The molecule has 0 saturated carbocycles. The first-order valence-corrected chi connectivity index (χ1v) is 7.24. The highest BCUT2D eigenvalue weighted by Crippen LogP contribution is 2.35. The van der Waals surface area contributed by atoms with Crippen molar-refractivity contribution in [1.82, 2.24) is 15.0 Å². The maximum absolute atomic E-state index is 6.28. The Labute approximate surface area is 123 Å². The molecule has 1 unspecified atom stereocenters. The Kier molecular flexibility index (Phi) is 4.83. The molecule has 1 atom stereocenters. The van der Waals surface area contributed by atoms with Crippen LogP contribution in [-0.4, -0.2) is 15.0 Å². The molecule has 1 aromatic carbocycles. The molecule has 2 rings (SSSR count). The smallest absolute Gasteiger partial charge is 0.0833 e. The average Bonchev–Trinajstić information content (AvgIpc) is 2.85. The Morgan fingerprint density at radius 1 is 1.21 bits per heavy atom. The fraction of sp³-hybridized carbons (Fsp3) is 0.429. The predicted octanol–water partition coefficient (Wildman–Crippen LogP) is 4.34. The van der Waals surface area contributed by atoms with Gasteiger partial charge < -0.3 is 0 Å². The molecule has 0 spiro atoms. The minimum atomic E-state index is 0.267. The first-order valence-electron chi connectivity index (χ1n) is 6.48. The molecule has 0 N–H and O–H groups in total. The monoisotopic (exact) mass is 297 g/mol. The fourth-order valence-electron chi connectivity index (χ4n) is 2.19. The van der Waals surface area contributed by atoms with Gasteiger partial charge in [-0.05, 0) is 37.0 Å². The molecular weight excluding hydrogens is 281 g/mol. The van der Waals surface area contributed by atoms with Crippen LogP contribution in [0, 0.1) is 0 Å². The second kappa shape index (κ2) is 6.40. The Hall–Kier alpha value is -1.06. The molecule has 0 saturated heterocycles. The van der Waals surface area contributed by atoms with Gasteiger partial charge in [0, 0.05) is 29.2 Å². The number of halogens is 2. The van der Waals surface area contributed by atoms with Crippen molar-refractivity contribution in [2.75, 3.05) is 0 Å². The second-order valence-corrected chi connectivity index (χ2v) is 5.32. The number of aromatic nitrogens is 3. The molecular formula is C14H17Cl2N3. The lowest BCUT2D eigenvalue weighted by atomic mass is 9.92. The van der Waals surface area contributed by atoms with Crippen LogP contribution in [0.3, 0.4) is 0 Å². The number of rotatable bonds is 5. The van der Waals surface area contributed by atoms with E-state index < -0.39 is 0 Å². The van der Waals surface area contributed by atoms with Crippen molar-refractivity contribution < 1.29 is 0 Å². The molecule has 19 heavy (non-hydrogen) atoms. The van der Waals surface area contributed by atoms with Crippen molar-refractivity contribution in [3.63, 3.8) is 0 Å². The lowest BCUT2D eigenvalue weighted by Gasteiger charge is -2.17. The van der Waals surface area contributed by atoms with Crippen molar-refractivity contribution in [1.29, 1.82) is 0 Å². The fourth-order valence-corrected chi connectivity index (χ4v) is 2.90. The predicted molar refractivity (Wildman–Crippen MR) is 78.9 cm³/mol. The van der Waals surface area contributed by atoms with E-state index in [1.165, 1.54) is 0 Å². The van der Waals surface area contributed by atoms with Crippen LogP contribution in [0.4, 0.5) is 0 Å². The van der Waals surface area contributed by atoms with Crippen LogP contribution in [0.2, 0.25) is 10.0 Å². The first-order chi connectivity index (χ1) is 9.15. The zero-order valence-corrected chi connectivity index (χ0v) is 12.6. The van der Waals surface area contributed by atoms with Crippen LogP contribution in [0.15, 0.2) is 24.4 Å². The van der Waals surface area contributed by atoms with E-state index in [4.69, 9.17) is 23.2 Å². The molecule has 0 aliphatic heterocycles. The second-order valence-electron chi connectivity index (χ2n) is 4.51. The van der Waals surface area contributed by atoms with E-state index in [1.807, 2.05) is 36.0 Å². The van der Waals surface area contributed by atoms with E-state index in [9.17, 15) is 0 Å². The van der Waals surface area contributed by atoms with Crippen molar-refractivity contribution >= 4 is 23.2 Å². The van der Waals surface area contributed by atoms with Gasteiger partial charge in [-0.2, -0.15) is 0 Å². The van der Waals surface area contributed by atoms with E-state index >= 15 is 0 Å². The third kappa shape index (κ3) is 3.28. The lowest BCUT2D eigenvalue weighted by molar-refractivity contribution is 0.624. The highest BCUT2D eigenvalue weighted by atomic mass is 35.5. The normalized spacial score (nSPS) is 12.6.